The first-order valence-electron chi connectivity index (χ1n) is 8.83. The van der Waals surface area contributed by atoms with E-state index in [-0.39, 0.29) is 10.5 Å². The standard InChI is InChI=1S/C22H16N2O3S/c1-23-18-13-7-5-11-16(18)20(15-9-3-2-4-10-15)21(23)24-22(25)17-12-6-8-14-19(17)28(24,26)27/h2-14H,1H3. The highest BCUT2D eigenvalue weighted by Gasteiger charge is 2.44. The number of aromatic nitrogens is 1. The van der Waals surface area contributed by atoms with Crippen molar-refractivity contribution in [1.82, 2.24) is 4.57 Å². The lowest BCUT2D eigenvalue weighted by atomic mass is 10.0. The number of carbonyl (C=O) groups is 1. The van der Waals surface area contributed by atoms with Crippen LogP contribution in [0.1, 0.15) is 10.4 Å². The minimum Gasteiger partial charge on any atom is -0.329 e. The smallest absolute Gasteiger partial charge is 0.274 e. The van der Waals surface area contributed by atoms with Crippen LogP contribution in [0.5, 0.6) is 0 Å². The summed E-state index contributed by atoms with van der Waals surface area (Å²) < 4.78 is 29.3. The topological polar surface area (TPSA) is 59.4 Å². The molecule has 138 valence electrons. The highest BCUT2D eigenvalue weighted by molar-refractivity contribution is 7.94. The number of fused-ring (bicyclic) bond motifs is 2. The number of anilines is 1. The van der Waals surface area contributed by atoms with E-state index in [0.717, 1.165) is 26.3 Å². The molecule has 1 aromatic heterocycles. The Balaban J connectivity index is 1.89. The zero-order valence-corrected chi connectivity index (χ0v) is 15.8. The molecule has 6 heteroatoms. The third kappa shape index (κ3) is 2.12. The van der Waals surface area contributed by atoms with Crippen molar-refractivity contribution >= 4 is 32.7 Å². The molecule has 0 radical (unpaired) electrons. The van der Waals surface area contributed by atoms with E-state index >= 15 is 0 Å². The number of benzene rings is 3. The summed E-state index contributed by atoms with van der Waals surface area (Å²) in [5, 5.41) is 0.894. The lowest BCUT2D eigenvalue weighted by molar-refractivity contribution is 0.101. The Hall–Kier alpha value is -3.38. The first kappa shape index (κ1) is 16.8. The average molecular weight is 388 g/mol. The number of carbonyl (C=O) groups excluding carboxylic acids is 1. The fourth-order valence-electron chi connectivity index (χ4n) is 3.90. The van der Waals surface area contributed by atoms with E-state index in [1.165, 1.54) is 6.07 Å². The van der Waals surface area contributed by atoms with Gasteiger partial charge in [0.1, 0.15) is 10.7 Å². The first-order chi connectivity index (χ1) is 13.5. The molecular weight excluding hydrogens is 372 g/mol. The third-order valence-electron chi connectivity index (χ3n) is 5.15. The number of para-hydroxylation sites is 1. The van der Waals surface area contributed by atoms with Gasteiger partial charge in [0.15, 0.2) is 0 Å². The molecule has 1 aliphatic heterocycles. The Morgan fingerprint density at radius 2 is 1.43 bits per heavy atom. The normalized spacial score (nSPS) is 15.2. The van der Waals surface area contributed by atoms with Gasteiger partial charge in [0.25, 0.3) is 15.9 Å². The van der Waals surface area contributed by atoms with E-state index in [0.29, 0.717) is 5.82 Å². The van der Waals surface area contributed by atoms with Crippen molar-refractivity contribution in [3.05, 3.63) is 84.4 Å². The molecule has 5 rings (SSSR count). The molecule has 0 saturated heterocycles. The summed E-state index contributed by atoms with van der Waals surface area (Å²) in [6, 6.07) is 23.6. The molecular formula is C22H16N2O3S. The Kier molecular flexibility index (Phi) is 3.48. The van der Waals surface area contributed by atoms with Gasteiger partial charge in [-0.3, -0.25) is 4.79 Å². The molecule has 2 heterocycles. The van der Waals surface area contributed by atoms with Crippen LogP contribution in [0.4, 0.5) is 5.82 Å². The summed E-state index contributed by atoms with van der Waals surface area (Å²) in [5.74, 6) is -0.174. The Labute approximate surface area is 162 Å². The number of rotatable bonds is 2. The summed E-state index contributed by atoms with van der Waals surface area (Å²) in [4.78, 5) is 13.2. The van der Waals surface area contributed by atoms with Crippen molar-refractivity contribution in [1.29, 1.82) is 0 Å². The number of hydrogen-bond donors (Lipinski definition) is 0. The first-order valence-corrected chi connectivity index (χ1v) is 10.3. The molecule has 0 saturated carbocycles. The quantitative estimate of drug-likeness (QED) is 0.517. The van der Waals surface area contributed by atoms with Crippen LogP contribution in [0.15, 0.2) is 83.8 Å². The molecule has 5 nitrogen and oxygen atoms in total. The molecule has 28 heavy (non-hydrogen) atoms. The van der Waals surface area contributed by atoms with Crippen molar-refractivity contribution in [3.63, 3.8) is 0 Å². The van der Waals surface area contributed by atoms with Gasteiger partial charge in [-0.15, -0.1) is 0 Å². The summed E-state index contributed by atoms with van der Waals surface area (Å²) >= 11 is 0. The van der Waals surface area contributed by atoms with Gasteiger partial charge in [-0.05, 0) is 23.8 Å². The van der Waals surface area contributed by atoms with Crippen molar-refractivity contribution in [3.8, 4) is 11.1 Å². The maximum absolute atomic E-state index is 13.3. The maximum atomic E-state index is 13.3. The van der Waals surface area contributed by atoms with Crippen molar-refractivity contribution in [2.45, 2.75) is 4.90 Å². The van der Waals surface area contributed by atoms with Gasteiger partial charge in [0, 0.05) is 18.0 Å². The van der Waals surface area contributed by atoms with E-state index in [1.807, 2.05) is 54.6 Å². The summed E-state index contributed by atoms with van der Waals surface area (Å²) in [6.45, 7) is 0. The van der Waals surface area contributed by atoms with Crippen LogP contribution in [-0.4, -0.2) is 18.9 Å². The summed E-state index contributed by atoms with van der Waals surface area (Å²) in [5.41, 5.74) is 2.64. The molecule has 0 aliphatic carbocycles. The predicted molar refractivity (Wildman–Crippen MR) is 109 cm³/mol. The average Bonchev–Trinajstić information content (AvgIpc) is 3.11. The molecule has 0 spiro atoms. The number of amides is 1. The van der Waals surface area contributed by atoms with Gasteiger partial charge in [-0.25, -0.2) is 8.42 Å². The minimum atomic E-state index is -3.99. The molecule has 0 atom stereocenters. The van der Waals surface area contributed by atoms with Gasteiger partial charge in [-0.1, -0.05) is 60.7 Å². The fourth-order valence-corrected chi connectivity index (χ4v) is 5.54. The third-order valence-corrected chi connectivity index (χ3v) is 6.88. The Bertz CT molecular complexity index is 1360. The van der Waals surface area contributed by atoms with Gasteiger partial charge in [0.05, 0.1) is 11.1 Å². The Morgan fingerprint density at radius 1 is 0.786 bits per heavy atom. The van der Waals surface area contributed by atoms with Crippen LogP contribution in [-0.2, 0) is 17.1 Å². The highest BCUT2D eigenvalue weighted by Crippen LogP contribution is 2.44. The second kappa shape index (κ2) is 5.81. The minimum absolute atomic E-state index is 0.0456. The van der Waals surface area contributed by atoms with Gasteiger partial charge in [0.2, 0.25) is 0 Å². The lowest BCUT2D eigenvalue weighted by Crippen LogP contribution is -2.31. The van der Waals surface area contributed by atoms with Crippen LogP contribution >= 0.6 is 0 Å². The van der Waals surface area contributed by atoms with Crippen LogP contribution < -0.4 is 4.31 Å². The van der Waals surface area contributed by atoms with Gasteiger partial charge in [-0.2, -0.15) is 4.31 Å². The molecule has 0 bridgehead atoms. The van der Waals surface area contributed by atoms with E-state index in [2.05, 4.69) is 0 Å². The van der Waals surface area contributed by atoms with E-state index in [1.54, 1.807) is 29.8 Å². The maximum Gasteiger partial charge on any atom is 0.274 e. The van der Waals surface area contributed by atoms with E-state index in [4.69, 9.17) is 0 Å². The zero-order valence-electron chi connectivity index (χ0n) is 15.0. The monoisotopic (exact) mass is 388 g/mol. The summed E-state index contributed by atoms with van der Waals surface area (Å²) in [6.07, 6.45) is 0. The second-order valence-corrected chi connectivity index (χ2v) is 8.47. The molecule has 0 N–H and O–H groups in total. The molecule has 1 amide bonds. The zero-order chi connectivity index (χ0) is 19.5. The van der Waals surface area contributed by atoms with Crippen molar-refractivity contribution < 1.29 is 13.2 Å². The predicted octanol–water partition coefficient (Wildman–Crippen LogP) is 4.19. The molecule has 4 aromatic rings. The SMILES string of the molecule is Cn1c(N2C(=O)c3ccccc3S2(=O)=O)c(-c2ccccc2)c2ccccc21. The number of sulfonamides is 1. The number of aryl methyl sites for hydroxylation is 1. The Morgan fingerprint density at radius 3 is 2.18 bits per heavy atom. The van der Waals surface area contributed by atoms with Crippen LogP contribution in [0.25, 0.3) is 22.0 Å². The molecule has 0 unspecified atom stereocenters. The largest absolute Gasteiger partial charge is 0.329 e. The number of nitrogens with zero attached hydrogens (tertiary/aromatic N) is 2. The molecule has 0 fully saturated rings. The van der Waals surface area contributed by atoms with Crippen molar-refractivity contribution in [2.24, 2.45) is 7.05 Å². The number of hydrogen-bond acceptors (Lipinski definition) is 3. The fraction of sp³-hybridized carbons (Fsp3) is 0.0455. The van der Waals surface area contributed by atoms with Crippen LogP contribution in [0.2, 0.25) is 0 Å². The second-order valence-electron chi connectivity index (χ2n) is 6.71. The van der Waals surface area contributed by atoms with E-state index in [9.17, 15) is 13.2 Å². The van der Waals surface area contributed by atoms with Crippen LogP contribution in [0, 0.1) is 0 Å². The van der Waals surface area contributed by atoms with Crippen LogP contribution in [0.3, 0.4) is 0 Å². The highest BCUT2D eigenvalue weighted by atomic mass is 32.2. The van der Waals surface area contributed by atoms with Crippen molar-refractivity contribution in [2.75, 3.05) is 4.31 Å². The molecule has 1 aliphatic rings. The van der Waals surface area contributed by atoms with Gasteiger partial charge < -0.3 is 4.57 Å². The molecule has 3 aromatic carbocycles. The lowest BCUT2D eigenvalue weighted by Gasteiger charge is -2.18. The van der Waals surface area contributed by atoms with E-state index < -0.39 is 15.9 Å². The summed E-state index contributed by atoms with van der Waals surface area (Å²) in [7, 11) is -2.20. The van der Waals surface area contributed by atoms with Gasteiger partial charge >= 0.3 is 0 Å².